The fourth-order valence-electron chi connectivity index (χ4n) is 2.72. The second-order valence-electron chi connectivity index (χ2n) is 6.22. The highest BCUT2D eigenvalue weighted by molar-refractivity contribution is 7.89. The van der Waals surface area contributed by atoms with Gasteiger partial charge in [0.15, 0.2) is 0 Å². The molecule has 0 aromatic heterocycles. The van der Waals surface area contributed by atoms with Crippen molar-refractivity contribution in [3.63, 3.8) is 0 Å². The minimum atomic E-state index is -3.85. The van der Waals surface area contributed by atoms with Crippen LogP contribution in [0.4, 0.5) is 0 Å². The number of hydrogen-bond donors (Lipinski definition) is 2. The zero-order chi connectivity index (χ0) is 18.8. The van der Waals surface area contributed by atoms with Crippen molar-refractivity contribution in [1.29, 1.82) is 0 Å². The van der Waals surface area contributed by atoms with Crippen molar-refractivity contribution >= 4 is 21.9 Å². The molecule has 25 heavy (non-hydrogen) atoms. The minimum Gasteiger partial charge on any atom is -0.495 e. The molecule has 1 aliphatic heterocycles. The molecule has 1 unspecified atom stereocenters. The van der Waals surface area contributed by atoms with Crippen molar-refractivity contribution in [2.45, 2.75) is 31.2 Å². The molecule has 1 atom stereocenters. The molecule has 0 saturated carbocycles. The van der Waals surface area contributed by atoms with Crippen LogP contribution in [0, 0.1) is 5.92 Å². The number of nitrogens with one attached hydrogen (secondary N) is 1. The number of hydrogen-bond acceptors (Lipinski definition) is 5. The summed E-state index contributed by atoms with van der Waals surface area (Å²) >= 11 is 0. The molecule has 1 amide bonds. The first-order valence-corrected chi connectivity index (χ1v) is 9.36. The lowest BCUT2D eigenvalue weighted by Crippen LogP contribution is -2.32. The number of aliphatic carboxylic acids is 1. The van der Waals surface area contributed by atoms with Crippen LogP contribution in [-0.2, 0) is 14.8 Å². The summed E-state index contributed by atoms with van der Waals surface area (Å²) < 4.78 is 32.5. The number of nitrogens with zero attached hydrogens (tertiary/aromatic N) is 1. The van der Waals surface area contributed by atoms with Crippen LogP contribution >= 0.6 is 0 Å². The van der Waals surface area contributed by atoms with Crippen LogP contribution in [0.2, 0.25) is 0 Å². The number of carboxylic acids is 1. The van der Waals surface area contributed by atoms with Gasteiger partial charge in [0, 0.05) is 24.7 Å². The molecule has 9 heteroatoms. The number of carbonyl (C=O) groups excluding carboxylic acids is 1. The van der Waals surface area contributed by atoms with Crippen molar-refractivity contribution in [1.82, 2.24) is 9.62 Å². The van der Waals surface area contributed by atoms with E-state index in [1.807, 2.05) is 0 Å². The monoisotopic (exact) mass is 370 g/mol. The van der Waals surface area contributed by atoms with Gasteiger partial charge < -0.3 is 14.7 Å². The van der Waals surface area contributed by atoms with E-state index >= 15 is 0 Å². The van der Waals surface area contributed by atoms with Crippen LogP contribution in [0.25, 0.3) is 0 Å². The molecule has 138 valence electrons. The highest BCUT2D eigenvalue weighted by atomic mass is 32.2. The molecule has 0 bridgehead atoms. The van der Waals surface area contributed by atoms with E-state index in [0.29, 0.717) is 13.0 Å². The van der Waals surface area contributed by atoms with Crippen LogP contribution in [0.3, 0.4) is 0 Å². The van der Waals surface area contributed by atoms with E-state index < -0.39 is 27.8 Å². The summed E-state index contributed by atoms with van der Waals surface area (Å²) in [7, 11) is -2.50. The van der Waals surface area contributed by atoms with Gasteiger partial charge in [0.25, 0.3) is 5.91 Å². The number of ether oxygens (including phenoxy) is 1. The molecule has 1 saturated heterocycles. The third kappa shape index (κ3) is 4.29. The first kappa shape index (κ1) is 19.2. The van der Waals surface area contributed by atoms with Gasteiger partial charge in [0.05, 0.1) is 13.0 Å². The lowest BCUT2D eigenvalue weighted by molar-refractivity contribution is -0.141. The zero-order valence-electron chi connectivity index (χ0n) is 14.4. The van der Waals surface area contributed by atoms with E-state index in [1.54, 1.807) is 13.8 Å². The number of carboxylic acid groups (broad SMARTS) is 1. The van der Waals surface area contributed by atoms with Gasteiger partial charge in [-0.25, -0.2) is 13.1 Å². The molecule has 1 aromatic rings. The Kier molecular flexibility index (Phi) is 5.69. The van der Waals surface area contributed by atoms with Crippen molar-refractivity contribution in [3.05, 3.63) is 23.8 Å². The Hall–Kier alpha value is -2.13. The highest BCUT2D eigenvalue weighted by Gasteiger charge is 2.32. The molecule has 1 aromatic carbocycles. The summed E-state index contributed by atoms with van der Waals surface area (Å²) in [6.45, 7) is 3.82. The van der Waals surface area contributed by atoms with Gasteiger partial charge in [-0.1, -0.05) is 0 Å². The summed E-state index contributed by atoms with van der Waals surface area (Å²) in [6.07, 6.45) is 0.386. The normalized spacial score (nSPS) is 17.8. The maximum atomic E-state index is 12.6. The molecular formula is C16H22N2O6S. The van der Waals surface area contributed by atoms with Crippen LogP contribution in [0.1, 0.15) is 30.6 Å². The average molecular weight is 370 g/mol. The summed E-state index contributed by atoms with van der Waals surface area (Å²) in [5, 5.41) is 9.04. The van der Waals surface area contributed by atoms with Crippen molar-refractivity contribution in [2.24, 2.45) is 5.92 Å². The second-order valence-corrected chi connectivity index (χ2v) is 7.90. The van der Waals surface area contributed by atoms with Crippen molar-refractivity contribution < 1.29 is 27.9 Å². The van der Waals surface area contributed by atoms with Gasteiger partial charge >= 0.3 is 5.97 Å². The number of methoxy groups -OCH3 is 1. The Morgan fingerprint density at radius 3 is 2.56 bits per heavy atom. The number of likely N-dealkylation sites (tertiary alicyclic amines) is 1. The van der Waals surface area contributed by atoms with E-state index in [1.165, 1.54) is 30.2 Å². The average Bonchev–Trinajstić information content (AvgIpc) is 3.02. The van der Waals surface area contributed by atoms with Crippen molar-refractivity contribution in [2.75, 3.05) is 20.2 Å². The number of carbonyl (C=O) groups is 2. The van der Waals surface area contributed by atoms with Gasteiger partial charge in [0.1, 0.15) is 10.6 Å². The van der Waals surface area contributed by atoms with Crippen LogP contribution in [-0.4, -0.2) is 56.5 Å². The Balaban J connectivity index is 2.33. The quantitative estimate of drug-likeness (QED) is 0.770. The SMILES string of the molecule is COc1ccc(C(=O)N2CCC(C(=O)O)C2)cc1S(=O)(=O)NC(C)C. The first-order valence-electron chi connectivity index (χ1n) is 7.88. The molecule has 2 rings (SSSR count). The first-order chi connectivity index (χ1) is 11.7. The number of amides is 1. The van der Waals surface area contributed by atoms with Crippen LogP contribution < -0.4 is 9.46 Å². The van der Waals surface area contributed by atoms with Gasteiger partial charge in [-0.3, -0.25) is 9.59 Å². The number of benzene rings is 1. The fraction of sp³-hybridized carbons (Fsp3) is 0.500. The Morgan fingerprint density at radius 1 is 1.36 bits per heavy atom. The standard InChI is InChI=1S/C16H22N2O6S/c1-10(2)17-25(22,23)14-8-11(4-5-13(14)24-3)15(19)18-7-6-12(9-18)16(20)21/h4-5,8,10,12,17H,6-7,9H2,1-3H3,(H,20,21). The summed E-state index contributed by atoms with van der Waals surface area (Å²) in [6, 6.07) is 3.85. The van der Waals surface area contributed by atoms with E-state index in [-0.39, 0.29) is 28.8 Å². The van der Waals surface area contributed by atoms with Gasteiger partial charge in [0.2, 0.25) is 10.0 Å². The largest absolute Gasteiger partial charge is 0.495 e. The second kappa shape index (κ2) is 7.40. The molecule has 0 spiro atoms. The number of sulfonamides is 1. The summed E-state index contributed by atoms with van der Waals surface area (Å²) in [5.74, 6) is -1.79. The predicted molar refractivity (Wildman–Crippen MR) is 90.1 cm³/mol. The van der Waals surface area contributed by atoms with Crippen LogP contribution in [0.5, 0.6) is 5.75 Å². The van der Waals surface area contributed by atoms with E-state index in [2.05, 4.69) is 4.72 Å². The summed E-state index contributed by atoms with van der Waals surface area (Å²) in [4.78, 5) is 24.9. The van der Waals surface area contributed by atoms with E-state index in [0.717, 1.165) is 0 Å². The van der Waals surface area contributed by atoms with Crippen LogP contribution in [0.15, 0.2) is 23.1 Å². The molecule has 1 heterocycles. The minimum absolute atomic E-state index is 0.118. The lowest BCUT2D eigenvalue weighted by atomic mass is 10.1. The third-order valence-corrected chi connectivity index (χ3v) is 5.60. The Bertz CT molecular complexity index is 775. The van der Waals surface area contributed by atoms with Gasteiger partial charge in [-0.05, 0) is 38.5 Å². The zero-order valence-corrected chi connectivity index (χ0v) is 15.2. The topological polar surface area (TPSA) is 113 Å². The maximum absolute atomic E-state index is 12.6. The number of rotatable bonds is 6. The molecule has 1 aliphatic rings. The highest BCUT2D eigenvalue weighted by Crippen LogP contribution is 2.27. The third-order valence-electron chi connectivity index (χ3n) is 3.92. The maximum Gasteiger partial charge on any atom is 0.308 e. The Labute approximate surface area is 146 Å². The molecule has 0 radical (unpaired) electrons. The molecule has 1 fully saturated rings. The predicted octanol–water partition coefficient (Wildman–Crippen LogP) is 0.929. The van der Waals surface area contributed by atoms with E-state index in [9.17, 15) is 18.0 Å². The fourth-order valence-corrected chi connectivity index (χ4v) is 4.17. The summed E-state index contributed by atoms with van der Waals surface area (Å²) in [5.41, 5.74) is 0.177. The molecule has 2 N–H and O–H groups in total. The van der Waals surface area contributed by atoms with E-state index in [4.69, 9.17) is 9.84 Å². The van der Waals surface area contributed by atoms with Crippen molar-refractivity contribution in [3.8, 4) is 5.75 Å². The molecule has 8 nitrogen and oxygen atoms in total. The van der Waals surface area contributed by atoms with Gasteiger partial charge in [-0.2, -0.15) is 0 Å². The smallest absolute Gasteiger partial charge is 0.308 e. The molecular weight excluding hydrogens is 348 g/mol. The lowest BCUT2D eigenvalue weighted by Gasteiger charge is -2.18. The van der Waals surface area contributed by atoms with Gasteiger partial charge in [-0.15, -0.1) is 0 Å². The Morgan fingerprint density at radius 2 is 2.04 bits per heavy atom. The molecule has 0 aliphatic carbocycles.